The fourth-order valence-corrected chi connectivity index (χ4v) is 3.94. The van der Waals surface area contributed by atoms with Gasteiger partial charge in [-0.05, 0) is 67.1 Å². The van der Waals surface area contributed by atoms with Crippen LogP contribution in [0, 0.1) is 18.3 Å². The number of benzene rings is 3. The molecule has 0 aliphatic rings. The maximum atomic E-state index is 12.6. The van der Waals surface area contributed by atoms with Crippen LogP contribution in [-0.4, -0.2) is 23.3 Å². The van der Waals surface area contributed by atoms with Crippen LogP contribution >= 0.6 is 15.9 Å². The number of hydrazone groups is 1. The van der Waals surface area contributed by atoms with Crippen LogP contribution in [0.4, 0.5) is 0 Å². The first-order valence-corrected chi connectivity index (χ1v) is 11.3. The molecule has 0 saturated carbocycles. The molecule has 0 aliphatic heterocycles. The van der Waals surface area contributed by atoms with Crippen LogP contribution in [0.3, 0.4) is 0 Å². The van der Waals surface area contributed by atoms with Gasteiger partial charge in [-0.3, -0.25) is 4.79 Å². The molecule has 0 unspecified atom stereocenters. The van der Waals surface area contributed by atoms with E-state index in [0.717, 1.165) is 27.1 Å². The molecule has 0 atom stereocenters. The van der Waals surface area contributed by atoms with Crippen molar-refractivity contribution in [1.82, 2.24) is 9.99 Å². The Labute approximate surface area is 206 Å². The summed E-state index contributed by atoms with van der Waals surface area (Å²) >= 11 is 3.40. The second-order valence-corrected chi connectivity index (χ2v) is 8.35. The Kier molecular flexibility index (Phi) is 7.21. The highest BCUT2D eigenvalue weighted by molar-refractivity contribution is 9.10. The quantitative estimate of drug-likeness (QED) is 0.248. The lowest BCUT2D eigenvalue weighted by Gasteiger charge is -2.12. The Hall–Kier alpha value is -4.15. The zero-order valence-corrected chi connectivity index (χ0v) is 20.0. The molecule has 7 heteroatoms. The lowest BCUT2D eigenvalue weighted by molar-refractivity contribution is 0.0955. The number of halogens is 1. The van der Waals surface area contributed by atoms with E-state index in [1.54, 1.807) is 30.3 Å². The van der Waals surface area contributed by atoms with Gasteiger partial charge in [0.1, 0.15) is 11.8 Å². The normalized spacial score (nSPS) is 10.7. The van der Waals surface area contributed by atoms with Crippen LogP contribution in [0.1, 0.15) is 21.6 Å². The summed E-state index contributed by atoms with van der Waals surface area (Å²) < 4.78 is 8.38. The third-order valence-electron chi connectivity index (χ3n) is 5.17. The van der Waals surface area contributed by atoms with E-state index < -0.39 is 0 Å². The number of rotatable bonds is 7. The molecule has 0 aliphatic carbocycles. The van der Waals surface area contributed by atoms with Crippen LogP contribution in [0.15, 0.2) is 94.5 Å². The molecule has 0 fully saturated rings. The summed E-state index contributed by atoms with van der Waals surface area (Å²) in [5.41, 5.74) is 7.94. The Balaban J connectivity index is 1.49. The van der Waals surface area contributed by atoms with E-state index in [0.29, 0.717) is 16.9 Å². The third-order valence-corrected chi connectivity index (χ3v) is 5.66. The topological polar surface area (TPSA) is 79.4 Å². The molecular formula is C27H21BrN4O2. The summed E-state index contributed by atoms with van der Waals surface area (Å²) in [7, 11) is 0. The van der Waals surface area contributed by atoms with Gasteiger partial charge in [0.25, 0.3) is 5.91 Å². The Morgan fingerprint density at radius 2 is 1.85 bits per heavy atom. The fourth-order valence-electron chi connectivity index (χ4n) is 3.56. The van der Waals surface area contributed by atoms with Crippen molar-refractivity contribution in [3.63, 3.8) is 0 Å². The molecule has 3 aromatic carbocycles. The first-order valence-electron chi connectivity index (χ1n) is 10.5. The number of carbonyl (C=O) groups excluding carboxylic acids is 1. The van der Waals surface area contributed by atoms with Gasteiger partial charge in [-0.25, -0.2) is 5.43 Å². The minimum Gasteiger partial charge on any atom is -0.478 e. The van der Waals surface area contributed by atoms with Crippen molar-refractivity contribution in [3.05, 3.63) is 106 Å². The average molecular weight is 513 g/mol. The summed E-state index contributed by atoms with van der Waals surface area (Å²) in [6.45, 7) is 1.98. The molecule has 4 rings (SSSR count). The van der Waals surface area contributed by atoms with E-state index in [4.69, 9.17) is 10.00 Å². The van der Waals surface area contributed by atoms with Crippen molar-refractivity contribution >= 4 is 28.1 Å². The Morgan fingerprint density at radius 1 is 1.09 bits per heavy atom. The van der Waals surface area contributed by atoms with Gasteiger partial charge in [0.2, 0.25) is 0 Å². The van der Waals surface area contributed by atoms with Crippen molar-refractivity contribution in [3.8, 4) is 28.8 Å². The van der Waals surface area contributed by atoms with E-state index in [-0.39, 0.29) is 12.5 Å². The van der Waals surface area contributed by atoms with Crippen LogP contribution in [0.5, 0.6) is 5.75 Å². The van der Waals surface area contributed by atoms with E-state index in [1.807, 2.05) is 36.4 Å². The van der Waals surface area contributed by atoms with Crippen molar-refractivity contribution < 1.29 is 9.53 Å². The molecule has 1 heterocycles. The summed E-state index contributed by atoms with van der Waals surface area (Å²) in [5.74, 6) is 0.174. The van der Waals surface area contributed by atoms with Gasteiger partial charge >= 0.3 is 0 Å². The molecule has 0 bridgehead atoms. The second kappa shape index (κ2) is 10.6. The van der Waals surface area contributed by atoms with Crippen LogP contribution in [0.2, 0.25) is 0 Å². The van der Waals surface area contributed by atoms with E-state index >= 15 is 0 Å². The highest BCUT2D eigenvalue weighted by atomic mass is 79.9. The third kappa shape index (κ3) is 5.25. The molecule has 168 valence electrons. The van der Waals surface area contributed by atoms with E-state index in [9.17, 15) is 4.79 Å². The minimum atomic E-state index is -0.329. The number of nitriles is 1. The molecular weight excluding hydrogens is 492 g/mol. The SMILES string of the molecule is Cc1ccc(-c2ccccc2)n1-c1ccc(C(=O)N/N=C/c2cc(Br)ccc2OCC#N)cc1. The summed E-state index contributed by atoms with van der Waals surface area (Å²) in [6.07, 6.45) is 1.49. The molecule has 1 amide bonds. The number of nitrogens with one attached hydrogen (secondary N) is 1. The summed E-state index contributed by atoms with van der Waals surface area (Å²) in [6, 6.07) is 29.0. The van der Waals surface area contributed by atoms with Crippen LogP contribution < -0.4 is 10.2 Å². The summed E-state index contributed by atoms with van der Waals surface area (Å²) in [5, 5.41) is 12.8. The van der Waals surface area contributed by atoms with Gasteiger partial charge in [-0.1, -0.05) is 46.3 Å². The number of amides is 1. The lowest BCUT2D eigenvalue weighted by Crippen LogP contribution is -2.17. The largest absolute Gasteiger partial charge is 0.478 e. The number of hydrogen-bond donors (Lipinski definition) is 1. The number of aromatic nitrogens is 1. The fraction of sp³-hybridized carbons (Fsp3) is 0.0741. The molecule has 34 heavy (non-hydrogen) atoms. The molecule has 6 nitrogen and oxygen atoms in total. The monoisotopic (exact) mass is 512 g/mol. The minimum absolute atomic E-state index is 0.0754. The van der Waals surface area contributed by atoms with E-state index in [1.165, 1.54) is 6.21 Å². The van der Waals surface area contributed by atoms with Gasteiger partial charge in [-0.15, -0.1) is 0 Å². The predicted molar refractivity (Wildman–Crippen MR) is 136 cm³/mol. The molecule has 0 saturated heterocycles. The molecule has 4 aromatic rings. The van der Waals surface area contributed by atoms with Crippen molar-refractivity contribution in [1.29, 1.82) is 5.26 Å². The standard InChI is InChI=1S/C27H21BrN4O2/c1-19-7-13-25(20-5-3-2-4-6-20)32(19)24-11-8-21(9-12-24)27(33)31-30-18-22-17-23(28)10-14-26(22)34-16-15-29/h2-14,17-18H,16H2,1H3,(H,31,33)/b30-18+. The number of nitrogens with zero attached hydrogens (tertiary/aromatic N) is 3. The number of carbonyl (C=O) groups is 1. The molecule has 1 N–H and O–H groups in total. The van der Waals surface area contributed by atoms with Gasteiger partial charge in [-0.2, -0.15) is 10.4 Å². The first-order chi connectivity index (χ1) is 16.6. The zero-order chi connectivity index (χ0) is 23.9. The smallest absolute Gasteiger partial charge is 0.271 e. The molecule has 0 radical (unpaired) electrons. The van der Waals surface area contributed by atoms with Gasteiger partial charge in [0.15, 0.2) is 6.61 Å². The second-order valence-electron chi connectivity index (χ2n) is 7.44. The van der Waals surface area contributed by atoms with Crippen LogP contribution in [-0.2, 0) is 0 Å². The van der Waals surface area contributed by atoms with Crippen LogP contribution in [0.25, 0.3) is 16.9 Å². The number of hydrogen-bond acceptors (Lipinski definition) is 4. The highest BCUT2D eigenvalue weighted by Gasteiger charge is 2.11. The van der Waals surface area contributed by atoms with Crippen molar-refractivity contribution in [2.75, 3.05) is 6.61 Å². The van der Waals surface area contributed by atoms with Gasteiger partial charge < -0.3 is 9.30 Å². The Bertz CT molecular complexity index is 1370. The first kappa shape index (κ1) is 23.0. The lowest BCUT2D eigenvalue weighted by atomic mass is 10.1. The molecule has 1 aromatic heterocycles. The summed E-state index contributed by atoms with van der Waals surface area (Å²) in [4.78, 5) is 12.6. The maximum Gasteiger partial charge on any atom is 0.271 e. The zero-order valence-electron chi connectivity index (χ0n) is 18.4. The van der Waals surface area contributed by atoms with Crippen molar-refractivity contribution in [2.24, 2.45) is 5.10 Å². The number of ether oxygens (including phenoxy) is 1. The Morgan fingerprint density at radius 3 is 2.59 bits per heavy atom. The average Bonchev–Trinajstić information content (AvgIpc) is 3.25. The molecule has 0 spiro atoms. The van der Waals surface area contributed by atoms with Crippen molar-refractivity contribution in [2.45, 2.75) is 6.92 Å². The highest BCUT2D eigenvalue weighted by Crippen LogP contribution is 2.26. The van der Waals surface area contributed by atoms with E-state index in [2.05, 4.69) is 62.2 Å². The predicted octanol–water partition coefficient (Wildman–Crippen LogP) is 5.88. The van der Waals surface area contributed by atoms with Gasteiger partial charge in [0, 0.05) is 27.0 Å². The maximum absolute atomic E-state index is 12.6. The number of aryl methyl sites for hydroxylation is 1. The van der Waals surface area contributed by atoms with Gasteiger partial charge in [0.05, 0.1) is 11.9 Å².